The number of rotatable bonds is 15. The number of nitrogens with zero attached hydrogens (tertiary/aromatic N) is 4. The Balaban J connectivity index is 0.000000149. The number of benzene rings is 20. The summed E-state index contributed by atoms with van der Waals surface area (Å²) < 4.78 is 4.75. The van der Waals surface area contributed by atoms with E-state index in [2.05, 4.69) is 492 Å². The molecule has 2 aromatic heterocycles. The Morgan fingerprint density at radius 2 is 0.314 bits per heavy atom. The molecule has 0 spiro atoms. The summed E-state index contributed by atoms with van der Waals surface area (Å²) in [6.07, 6.45) is 0. The molecule has 20 aromatic carbocycles. The van der Waals surface area contributed by atoms with Gasteiger partial charge in [-0.15, -0.1) is 0 Å². The molecule has 0 unspecified atom stereocenters. The molecule has 22 rings (SSSR count). The number of hydrogen-bond donors (Lipinski definition) is 0. The maximum absolute atomic E-state index is 2.37. The van der Waals surface area contributed by atoms with E-state index in [0.717, 1.165) is 45.5 Å². The van der Waals surface area contributed by atoms with Gasteiger partial charge in [0.1, 0.15) is 0 Å². The van der Waals surface area contributed by atoms with Crippen molar-refractivity contribution in [3.8, 4) is 89.3 Å². The van der Waals surface area contributed by atoms with E-state index in [1.807, 2.05) is 0 Å². The van der Waals surface area contributed by atoms with Gasteiger partial charge in [0.05, 0.1) is 22.1 Å². The van der Waals surface area contributed by atoms with Crippen molar-refractivity contribution < 1.29 is 0 Å². The molecule has 4 nitrogen and oxygen atoms in total. The van der Waals surface area contributed by atoms with Crippen molar-refractivity contribution in [2.75, 3.05) is 9.80 Å². The number of para-hydroxylation sites is 4. The summed E-state index contributed by atoms with van der Waals surface area (Å²) in [4.78, 5) is 4.71. The first-order valence-electron chi connectivity index (χ1n) is 40.5. The summed E-state index contributed by atoms with van der Waals surface area (Å²) in [6, 6.07) is 171. The molecule has 2 heterocycles. The zero-order chi connectivity index (χ0) is 78.2. The summed E-state index contributed by atoms with van der Waals surface area (Å²) in [7, 11) is 0. The van der Waals surface area contributed by atoms with Crippen LogP contribution in [0.25, 0.3) is 165 Å². The summed E-state index contributed by atoms with van der Waals surface area (Å²) in [5.74, 6) is 0. The lowest BCUT2D eigenvalue weighted by molar-refractivity contribution is 1.17. The minimum absolute atomic E-state index is 1.09. The van der Waals surface area contributed by atoms with Crippen molar-refractivity contribution in [3.63, 3.8) is 0 Å². The lowest BCUT2D eigenvalue weighted by Gasteiger charge is -2.26. The molecule has 0 aliphatic heterocycles. The summed E-state index contributed by atoms with van der Waals surface area (Å²) in [6.45, 7) is 0. The first kappa shape index (κ1) is 70.3. The molecule has 0 aliphatic rings. The van der Waals surface area contributed by atoms with Crippen molar-refractivity contribution in [3.05, 3.63) is 473 Å². The third-order valence-electron chi connectivity index (χ3n) is 23.5. The quantitative estimate of drug-likeness (QED) is 0.102. The Kier molecular flexibility index (Phi) is 18.3. The Morgan fingerprint density at radius 3 is 0.585 bits per heavy atom. The van der Waals surface area contributed by atoms with Gasteiger partial charge in [-0.1, -0.05) is 352 Å². The monoisotopic (exact) mass is 1500 g/mol. The number of aromatic nitrogens is 2. The third-order valence-corrected chi connectivity index (χ3v) is 23.5. The molecule has 0 N–H and O–H groups in total. The van der Waals surface area contributed by atoms with Crippen LogP contribution in [0.4, 0.5) is 34.1 Å². The highest BCUT2D eigenvalue weighted by molar-refractivity contribution is 6.11. The molecule has 0 aliphatic carbocycles. The van der Waals surface area contributed by atoms with Gasteiger partial charge in [-0.25, -0.2) is 0 Å². The minimum Gasteiger partial charge on any atom is -0.311 e. The highest BCUT2D eigenvalue weighted by Gasteiger charge is 2.21. The highest BCUT2D eigenvalue weighted by atomic mass is 15.1. The Bertz CT molecular complexity index is 7110. The van der Waals surface area contributed by atoms with Gasteiger partial charge in [0.25, 0.3) is 0 Å². The van der Waals surface area contributed by atoms with E-state index in [-0.39, 0.29) is 0 Å². The SMILES string of the molecule is c1ccc(-c2ccc(-c3ccc(N(c4ccc(-c5cccc6ccccc56)cc4)c4ccc(-n5c6ccccc6c6ccccc65)cc4)cc3)cc2)cc1.c1ccc2c(-c3ccc(-c4ccc(N(c5ccc(-c6ccc(-c7cccc8ccccc78)cc6)cc5)c5ccc(-n6c7ccccc7c7ccccc76)cc5)cc4)cc3)cccc2c1. The van der Waals surface area contributed by atoms with Crippen LogP contribution in [-0.4, -0.2) is 9.13 Å². The number of fused-ring (bicyclic) bond motifs is 9. The standard InChI is InChI=1S/C62H42N2.C52H36N2/c1-3-15-55-47(11-1)13-9-19-57(55)49-27-23-43(24-28-49)45-31-35-51(36-32-45)63(53-39-41-54(42-40-53)64-61-21-7-5-17-59(61)60-18-6-8-22-62(60)64)52-37-33-46(34-38-52)44-25-29-50(30-26-44)58-20-10-14-48-12-2-4-16-56(48)58;1-2-11-37(12-3-1)38-21-23-39(24-22-38)40-25-29-43(30-26-40)53(44-31-27-42(28-32-44)48-18-10-14-41-13-4-5-15-47(41)48)45-33-35-46(36-34-45)54-51-19-8-6-16-49(51)50-17-7-9-20-52(50)54/h1-42H;1-36H. The lowest BCUT2D eigenvalue weighted by Crippen LogP contribution is -2.10. The largest absolute Gasteiger partial charge is 0.311 e. The number of hydrogen-bond acceptors (Lipinski definition) is 2. The van der Waals surface area contributed by atoms with Crippen LogP contribution < -0.4 is 9.80 Å². The summed E-state index contributed by atoms with van der Waals surface area (Å²) in [5.41, 5.74) is 30.6. The van der Waals surface area contributed by atoms with Gasteiger partial charge < -0.3 is 18.9 Å². The van der Waals surface area contributed by atoms with E-state index in [1.165, 1.54) is 154 Å². The van der Waals surface area contributed by atoms with Gasteiger partial charge in [-0.3, -0.25) is 0 Å². The fourth-order valence-electron chi connectivity index (χ4n) is 17.6. The van der Waals surface area contributed by atoms with Crippen molar-refractivity contribution in [1.82, 2.24) is 9.13 Å². The highest BCUT2D eigenvalue weighted by Crippen LogP contribution is 2.44. The molecular weight excluding hydrogens is 1430 g/mol. The van der Waals surface area contributed by atoms with Crippen molar-refractivity contribution in [1.29, 1.82) is 0 Å². The first-order chi connectivity index (χ1) is 58.5. The van der Waals surface area contributed by atoms with Gasteiger partial charge in [0, 0.05) is 67.0 Å². The van der Waals surface area contributed by atoms with Crippen molar-refractivity contribution in [2.45, 2.75) is 0 Å². The van der Waals surface area contributed by atoms with Crippen LogP contribution >= 0.6 is 0 Å². The molecule has 0 atom stereocenters. The van der Waals surface area contributed by atoms with Crippen LogP contribution in [0.1, 0.15) is 0 Å². The molecule has 4 heteroatoms. The topological polar surface area (TPSA) is 16.3 Å². The van der Waals surface area contributed by atoms with Crippen LogP contribution in [0.5, 0.6) is 0 Å². The van der Waals surface area contributed by atoms with Gasteiger partial charge in [0.2, 0.25) is 0 Å². The molecule has 0 amide bonds. The Hall–Kier alpha value is -15.6. The Labute approximate surface area is 686 Å². The maximum atomic E-state index is 2.37. The van der Waals surface area contributed by atoms with E-state index in [9.17, 15) is 0 Å². The van der Waals surface area contributed by atoms with Crippen molar-refractivity contribution >= 4 is 110 Å². The van der Waals surface area contributed by atoms with Gasteiger partial charge in [0.15, 0.2) is 0 Å². The molecule has 22 aromatic rings. The van der Waals surface area contributed by atoms with E-state index in [1.54, 1.807) is 0 Å². The minimum atomic E-state index is 1.09. The normalized spacial score (nSPS) is 11.4. The molecule has 0 saturated carbocycles. The van der Waals surface area contributed by atoms with Crippen LogP contribution in [0.3, 0.4) is 0 Å². The third kappa shape index (κ3) is 13.3. The lowest BCUT2D eigenvalue weighted by atomic mass is 9.96. The number of anilines is 6. The zero-order valence-electron chi connectivity index (χ0n) is 64.8. The van der Waals surface area contributed by atoms with Gasteiger partial charge in [-0.2, -0.15) is 0 Å². The second-order valence-corrected chi connectivity index (χ2v) is 30.3. The van der Waals surface area contributed by atoms with Gasteiger partial charge in [-0.05, 0) is 232 Å². The van der Waals surface area contributed by atoms with Gasteiger partial charge >= 0.3 is 0 Å². The predicted octanol–water partition coefficient (Wildman–Crippen LogP) is 31.6. The van der Waals surface area contributed by atoms with Crippen LogP contribution in [0, 0.1) is 0 Å². The van der Waals surface area contributed by atoms with Crippen molar-refractivity contribution in [2.24, 2.45) is 0 Å². The zero-order valence-corrected chi connectivity index (χ0v) is 64.8. The fraction of sp³-hybridized carbons (Fsp3) is 0. The first-order valence-corrected chi connectivity index (χ1v) is 40.5. The van der Waals surface area contributed by atoms with E-state index < -0.39 is 0 Å². The summed E-state index contributed by atoms with van der Waals surface area (Å²) in [5, 5.41) is 12.6. The summed E-state index contributed by atoms with van der Waals surface area (Å²) >= 11 is 0. The maximum Gasteiger partial charge on any atom is 0.0541 e. The smallest absolute Gasteiger partial charge is 0.0541 e. The van der Waals surface area contributed by atoms with Crippen LogP contribution in [-0.2, 0) is 0 Å². The van der Waals surface area contributed by atoms with E-state index in [4.69, 9.17) is 0 Å². The Morgan fingerprint density at radius 1 is 0.127 bits per heavy atom. The molecule has 0 saturated heterocycles. The molecule has 0 fully saturated rings. The van der Waals surface area contributed by atoms with E-state index >= 15 is 0 Å². The average Bonchev–Trinajstić information content (AvgIpc) is 0.843. The van der Waals surface area contributed by atoms with E-state index in [0.29, 0.717) is 0 Å². The van der Waals surface area contributed by atoms with Crippen LogP contribution in [0.2, 0.25) is 0 Å². The molecule has 118 heavy (non-hydrogen) atoms. The molecule has 0 radical (unpaired) electrons. The average molecular weight is 1500 g/mol. The second kappa shape index (κ2) is 30.7. The molecule has 554 valence electrons. The second-order valence-electron chi connectivity index (χ2n) is 30.3. The van der Waals surface area contributed by atoms with Crippen LogP contribution in [0.15, 0.2) is 473 Å². The molecular formula is C114H78N4. The fourth-order valence-corrected chi connectivity index (χ4v) is 17.6. The predicted molar refractivity (Wildman–Crippen MR) is 501 cm³/mol. The molecule has 0 bridgehead atoms.